The van der Waals surface area contributed by atoms with Gasteiger partial charge in [0.15, 0.2) is 0 Å². The summed E-state index contributed by atoms with van der Waals surface area (Å²) in [5, 5.41) is 17.0. The Morgan fingerprint density at radius 2 is 1.80 bits per heavy atom. The van der Waals surface area contributed by atoms with Gasteiger partial charge in [-0.15, -0.1) is 11.3 Å². The first-order valence-electron chi connectivity index (χ1n) is 12.7. The Morgan fingerprint density at radius 1 is 1.11 bits per heavy atom. The van der Waals surface area contributed by atoms with Crippen molar-refractivity contribution in [2.24, 2.45) is 4.99 Å². The van der Waals surface area contributed by atoms with E-state index in [0.717, 1.165) is 25.9 Å². The molecule has 1 aliphatic rings. The summed E-state index contributed by atoms with van der Waals surface area (Å²) >= 11 is 1.83. The van der Waals surface area contributed by atoms with Gasteiger partial charge in [-0.3, -0.25) is 0 Å². The molecule has 0 aliphatic carbocycles. The SMILES string of the molecule is CC.CCCCC1=NC=C(/C=C(/C)Cc2cccs2)CN1Cc1ccc(C(C)C)cc1.O/C=C\O. The number of aliphatic imine (C=N–C) groups is 1. The molecule has 4 nitrogen and oxygen atoms in total. The van der Waals surface area contributed by atoms with Crippen LogP contribution in [0.25, 0.3) is 0 Å². The smallest absolute Gasteiger partial charge is 0.113 e. The van der Waals surface area contributed by atoms with Crippen molar-refractivity contribution in [2.75, 3.05) is 6.54 Å². The molecule has 0 saturated carbocycles. The van der Waals surface area contributed by atoms with E-state index < -0.39 is 0 Å². The third-order valence-corrected chi connectivity index (χ3v) is 6.30. The molecule has 0 unspecified atom stereocenters. The summed E-state index contributed by atoms with van der Waals surface area (Å²) in [5.41, 5.74) is 5.46. The third kappa shape index (κ3) is 11.5. The van der Waals surface area contributed by atoms with E-state index in [9.17, 15) is 0 Å². The Hall–Kier alpha value is -2.79. The van der Waals surface area contributed by atoms with Crippen molar-refractivity contribution in [2.45, 2.75) is 79.7 Å². The fourth-order valence-electron chi connectivity index (χ4n) is 3.66. The van der Waals surface area contributed by atoms with Crippen molar-refractivity contribution in [1.29, 1.82) is 0 Å². The molecule has 0 radical (unpaired) electrons. The lowest BCUT2D eigenvalue weighted by atomic mass is 10.0. The minimum atomic E-state index is 0.556. The van der Waals surface area contributed by atoms with E-state index in [1.807, 2.05) is 25.2 Å². The van der Waals surface area contributed by atoms with Gasteiger partial charge < -0.3 is 15.1 Å². The lowest BCUT2D eigenvalue weighted by Crippen LogP contribution is -2.34. The van der Waals surface area contributed by atoms with Crippen LogP contribution >= 0.6 is 11.3 Å². The van der Waals surface area contributed by atoms with Gasteiger partial charge in [-0.05, 0) is 47.4 Å². The molecule has 35 heavy (non-hydrogen) atoms. The number of aliphatic hydroxyl groups excluding tert-OH is 2. The first-order chi connectivity index (χ1) is 17.0. The zero-order chi connectivity index (χ0) is 26.1. The van der Waals surface area contributed by atoms with Crippen LogP contribution in [0.15, 0.2) is 82.7 Å². The van der Waals surface area contributed by atoms with Crippen LogP contribution in [-0.4, -0.2) is 27.5 Å². The fourth-order valence-corrected chi connectivity index (χ4v) is 4.46. The van der Waals surface area contributed by atoms with Gasteiger partial charge in [0.05, 0.1) is 0 Å². The molecule has 1 aliphatic heterocycles. The van der Waals surface area contributed by atoms with Crippen molar-refractivity contribution in [3.05, 3.63) is 93.7 Å². The molecule has 1 aromatic carbocycles. The topological polar surface area (TPSA) is 56.1 Å². The lowest BCUT2D eigenvalue weighted by molar-refractivity contribution is 0.407. The molecule has 0 bridgehead atoms. The zero-order valence-electron chi connectivity index (χ0n) is 22.4. The second-order valence-electron chi connectivity index (χ2n) is 8.65. The standard InChI is InChI=1S/C26H34N2S.C2H4O2.C2H6/c1-5-6-9-26-27-17-23(15-21(4)16-25-8-7-14-29-25)19-28(26)18-22-10-12-24(13-11-22)20(2)3;3-1-2-4;1-2/h7-8,10-15,17,20H,5-6,9,16,18-19H2,1-4H3;1-4H;1-2H3/b21-15-;2-1-;. The normalized spacial score (nSPS) is 13.6. The zero-order valence-corrected chi connectivity index (χ0v) is 23.2. The van der Waals surface area contributed by atoms with Crippen LogP contribution in [0.4, 0.5) is 0 Å². The van der Waals surface area contributed by atoms with E-state index in [1.54, 1.807) is 0 Å². The monoisotopic (exact) mass is 496 g/mol. The van der Waals surface area contributed by atoms with Gasteiger partial charge in [0.25, 0.3) is 0 Å². The number of aliphatic hydroxyl groups is 2. The van der Waals surface area contributed by atoms with Crippen LogP contribution in [-0.2, 0) is 13.0 Å². The van der Waals surface area contributed by atoms with E-state index in [-0.39, 0.29) is 0 Å². The summed E-state index contributed by atoms with van der Waals surface area (Å²) in [5.74, 6) is 1.81. The Morgan fingerprint density at radius 3 is 2.34 bits per heavy atom. The first kappa shape index (κ1) is 30.2. The highest BCUT2D eigenvalue weighted by atomic mass is 32.1. The molecule has 1 aromatic heterocycles. The van der Waals surface area contributed by atoms with Crippen LogP contribution in [0.1, 0.15) is 82.7 Å². The number of hydrogen-bond donors (Lipinski definition) is 2. The van der Waals surface area contributed by atoms with Gasteiger partial charge in [-0.1, -0.05) is 83.0 Å². The Kier molecular flexibility index (Phi) is 15.2. The number of nitrogens with zero attached hydrogens (tertiary/aromatic N) is 2. The molecular formula is C30H44N2O2S. The summed E-state index contributed by atoms with van der Waals surface area (Å²) in [4.78, 5) is 8.74. The summed E-state index contributed by atoms with van der Waals surface area (Å²) in [6, 6.07) is 13.4. The molecule has 192 valence electrons. The number of unbranched alkanes of at least 4 members (excludes halogenated alkanes) is 1. The molecule has 0 atom stereocenters. The van der Waals surface area contributed by atoms with Crippen LogP contribution < -0.4 is 0 Å². The number of amidine groups is 1. The van der Waals surface area contributed by atoms with Gasteiger partial charge in [0.1, 0.15) is 18.4 Å². The Bertz CT molecular complexity index is 935. The van der Waals surface area contributed by atoms with Crippen molar-refractivity contribution in [3.63, 3.8) is 0 Å². The van der Waals surface area contributed by atoms with E-state index in [2.05, 4.69) is 86.6 Å². The van der Waals surface area contributed by atoms with E-state index in [4.69, 9.17) is 15.2 Å². The first-order valence-corrected chi connectivity index (χ1v) is 13.6. The van der Waals surface area contributed by atoms with E-state index in [0.29, 0.717) is 18.4 Å². The van der Waals surface area contributed by atoms with Crippen LogP contribution in [0.5, 0.6) is 0 Å². The number of benzene rings is 1. The average molecular weight is 497 g/mol. The molecule has 0 saturated heterocycles. The fraction of sp³-hybridized carbons (Fsp3) is 0.433. The maximum Gasteiger partial charge on any atom is 0.113 e. The molecule has 2 aromatic rings. The van der Waals surface area contributed by atoms with Crippen molar-refractivity contribution >= 4 is 17.2 Å². The largest absolute Gasteiger partial charge is 0.512 e. The van der Waals surface area contributed by atoms with Gasteiger partial charge in [-0.25, -0.2) is 4.99 Å². The quantitative estimate of drug-likeness (QED) is 0.341. The molecule has 0 amide bonds. The molecule has 3 rings (SSSR count). The highest BCUT2D eigenvalue weighted by molar-refractivity contribution is 7.09. The molecule has 0 spiro atoms. The predicted molar refractivity (Wildman–Crippen MR) is 154 cm³/mol. The van der Waals surface area contributed by atoms with Crippen molar-refractivity contribution in [1.82, 2.24) is 4.90 Å². The van der Waals surface area contributed by atoms with Gasteiger partial charge >= 0.3 is 0 Å². The van der Waals surface area contributed by atoms with Gasteiger partial charge in [-0.2, -0.15) is 0 Å². The van der Waals surface area contributed by atoms with Crippen molar-refractivity contribution < 1.29 is 10.2 Å². The second kappa shape index (κ2) is 17.6. The maximum atomic E-state index is 7.44. The predicted octanol–water partition coefficient (Wildman–Crippen LogP) is 8.95. The summed E-state index contributed by atoms with van der Waals surface area (Å²) in [6.45, 7) is 14.8. The molecular weight excluding hydrogens is 452 g/mol. The van der Waals surface area contributed by atoms with Gasteiger partial charge in [0.2, 0.25) is 0 Å². The third-order valence-electron chi connectivity index (χ3n) is 5.42. The summed E-state index contributed by atoms with van der Waals surface area (Å²) in [6.07, 6.45) is 10.0. The molecule has 0 fully saturated rings. The lowest BCUT2D eigenvalue weighted by Gasteiger charge is -2.29. The minimum absolute atomic E-state index is 0.556. The minimum Gasteiger partial charge on any atom is -0.512 e. The summed E-state index contributed by atoms with van der Waals surface area (Å²) in [7, 11) is 0. The van der Waals surface area contributed by atoms with E-state index in [1.165, 1.54) is 45.8 Å². The van der Waals surface area contributed by atoms with Crippen LogP contribution in [0.2, 0.25) is 0 Å². The Labute approximate surface area is 217 Å². The molecule has 5 heteroatoms. The Balaban J connectivity index is 0.000000926. The number of allylic oxidation sites excluding steroid dienone is 1. The highest BCUT2D eigenvalue weighted by Crippen LogP contribution is 2.21. The van der Waals surface area contributed by atoms with Gasteiger partial charge in [0, 0.05) is 37.0 Å². The van der Waals surface area contributed by atoms with Crippen molar-refractivity contribution in [3.8, 4) is 0 Å². The second-order valence-corrected chi connectivity index (χ2v) is 9.68. The maximum absolute atomic E-state index is 7.44. The average Bonchev–Trinajstić information content (AvgIpc) is 3.38. The highest BCUT2D eigenvalue weighted by Gasteiger charge is 2.17. The number of thiophene rings is 1. The van der Waals surface area contributed by atoms with Crippen LogP contribution in [0.3, 0.4) is 0 Å². The summed E-state index contributed by atoms with van der Waals surface area (Å²) < 4.78 is 0. The van der Waals surface area contributed by atoms with E-state index >= 15 is 0 Å². The molecule has 2 N–H and O–H groups in total. The molecule has 2 heterocycles. The number of rotatable bonds is 9. The number of hydrogen-bond acceptors (Lipinski definition) is 5. The van der Waals surface area contributed by atoms with Crippen LogP contribution in [0, 0.1) is 0 Å².